The lowest BCUT2D eigenvalue weighted by Crippen LogP contribution is -2.23. The van der Waals surface area contributed by atoms with Gasteiger partial charge in [-0.25, -0.2) is 0 Å². The number of guanidine groups is 1. The lowest BCUT2D eigenvalue weighted by Gasteiger charge is -2.11. The van der Waals surface area contributed by atoms with Crippen molar-refractivity contribution < 1.29 is 9.47 Å². The summed E-state index contributed by atoms with van der Waals surface area (Å²) in [4.78, 5) is 4.42. The highest BCUT2D eigenvalue weighted by atomic mass is 127. The summed E-state index contributed by atoms with van der Waals surface area (Å²) in [5.74, 6) is 2.27. The van der Waals surface area contributed by atoms with E-state index in [-0.39, 0.29) is 24.0 Å². The zero-order valence-electron chi connectivity index (χ0n) is 13.5. The minimum absolute atomic E-state index is 0. The van der Waals surface area contributed by atoms with Gasteiger partial charge in [0.2, 0.25) is 0 Å². The molecule has 0 amide bonds. The molecule has 1 unspecified atom stereocenters. The van der Waals surface area contributed by atoms with Crippen molar-refractivity contribution in [3.05, 3.63) is 40.6 Å². The van der Waals surface area contributed by atoms with Gasteiger partial charge in [0, 0.05) is 30.6 Å². The van der Waals surface area contributed by atoms with E-state index in [0.29, 0.717) is 31.6 Å². The van der Waals surface area contributed by atoms with Gasteiger partial charge in [-0.3, -0.25) is 4.99 Å². The molecule has 0 saturated carbocycles. The van der Waals surface area contributed by atoms with Crippen molar-refractivity contribution in [3.8, 4) is 11.5 Å². The van der Waals surface area contributed by atoms with Gasteiger partial charge in [-0.05, 0) is 34.5 Å². The zero-order chi connectivity index (χ0) is 16.1. The van der Waals surface area contributed by atoms with Crippen molar-refractivity contribution in [2.75, 3.05) is 25.1 Å². The van der Waals surface area contributed by atoms with Gasteiger partial charge in [0.05, 0.1) is 13.2 Å². The van der Waals surface area contributed by atoms with Gasteiger partial charge < -0.3 is 20.5 Å². The molecule has 1 aliphatic rings. The van der Waals surface area contributed by atoms with Crippen LogP contribution in [-0.4, -0.2) is 25.7 Å². The number of thiophene rings is 1. The fraction of sp³-hybridized carbons (Fsp3) is 0.353. The summed E-state index contributed by atoms with van der Waals surface area (Å²) in [6.45, 7) is 4.15. The fourth-order valence-electron chi connectivity index (χ4n) is 2.32. The number of fused-ring (bicyclic) bond motifs is 1. The number of ether oxygens (including phenoxy) is 2. The number of nitrogens with zero attached hydrogens (tertiary/aromatic N) is 1. The molecule has 0 spiro atoms. The van der Waals surface area contributed by atoms with Crippen molar-refractivity contribution in [1.82, 2.24) is 0 Å². The maximum absolute atomic E-state index is 5.98. The molecule has 0 radical (unpaired) electrons. The first kappa shape index (κ1) is 18.9. The summed E-state index contributed by atoms with van der Waals surface area (Å²) in [6.07, 6.45) is 0.890. The van der Waals surface area contributed by atoms with Gasteiger partial charge >= 0.3 is 0 Å². The molecule has 24 heavy (non-hydrogen) atoms. The second-order valence-corrected chi connectivity index (χ2v) is 6.30. The second-order valence-electron chi connectivity index (χ2n) is 5.52. The van der Waals surface area contributed by atoms with E-state index in [9.17, 15) is 0 Å². The number of nitrogens with two attached hydrogens (primary N) is 1. The van der Waals surface area contributed by atoms with Gasteiger partial charge in [0.1, 0.15) is 0 Å². The van der Waals surface area contributed by atoms with Gasteiger partial charge in [-0.1, -0.05) is 6.92 Å². The van der Waals surface area contributed by atoms with Crippen LogP contribution in [0, 0.1) is 0 Å². The smallest absolute Gasteiger partial charge is 0.193 e. The first-order valence-electron chi connectivity index (χ1n) is 7.71. The highest BCUT2D eigenvalue weighted by Crippen LogP contribution is 2.32. The molecule has 2 aromatic rings. The number of hydrogen-bond donors (Lipinski definition) is 2. The predicted octanol–water partition coefficient (Wildman–Crippen LogP) is 4.06. The molecule has 0 aliphatic carbocycles. The maximum atomic E-state index is 5.98. The topological polar surface area (TPSA) is 68.9 Å². The zero-order valence-corrected chi connectivity index (χ0v) is 16.7. The molecule has 0 fully saturated rings. The Labute approximate surface area is 163 Å². The lowest BCUT2D eigenvalue weighted by molar-refractivity contribution is 0.297. The highest BCUT2D eigenvalue weighted by Gasteiger charge is 2.11. The van der Waals surface area contributed by atoms with Crippen molar-refractivity contribution in [1.29, 1.82) is 0 Å². The van der Waals surface area contributed by atoms with E-state index in [1.807, 2.05) is 18.2 Å². The standard InChI is InChI=1S/C17H21N3O2S.HI/c1-12(13-5-8-23-11-13)10-19-17(18)20-14-3-4-15-16(9-14)22-7-2-6-21-15;/h3-5,8-9,11-12H,2,6-7,10H2,1H3,(H3,18,19,20);1H. The molecule has 130 valence electrons. The minimum Gasteiger partial charge on any atom is -0.490 e. The van der Waals surface area contributed by atoms with Crippen molar-refractivity contribution in [2.45, 2.75) is 19.3 Å². The maximum Gasteiger partial charge on any atom is 0.193 e. The molecule has 3 N–H and O–H groups in total. The lowest BCUT2D eigenvalue weighted by atomic mass is 10.1. The Bertz CT molecular complexity index is 676. The summed E-state index contributed by atoms with van der Waals surface area (Å²) in [5.41, 5.74) is 8.12. The van der Waals surface area contributed by atoms with Gasteiger partial charge in [0.15, 0.2) is 17.5 Å². The van der Waals surface area contributed by atoms with Crippen molar-refractivity contribution >= 4 is 47.0 Å². The van der Waals surface area contributed by atoms with Crippen LogP contribution in [0.5, 0.6) is 11.5 Å². The SMILES string of the molecule is CC(CN=C(N)Nc1ccc2c(c1)OCCCO2)c1ccsc1.I. The molecule has 0 saturated heterocycles. The van der Waals surface area contributed by atoms with Crippen LogP contribution >= 0.6 is 35.3 Å². The molecule has 3 rings (SSSR count). The average molecular weight is 459 g/mol. The Morgan fingerprint density at radius 1 is 1.29 bits per heavy atom. The minimum atomic E-state index is 0. The van der Waals surface area contributed by atoms with E-state index in [2.05, 4.69) is 34.1 Å². The third-order valence-electron chi connectivity index (χ3n) is 3.67. The normalized spacial score (nSPS) is 15.1. The fourth-order valence-corrected chi connectivity index (χ4v) is 3.11. The highest BCUT2D eigenvalue weighted by molar-refractivity contribution is 14.0. The third kappa shape index (κ3) is 5.01. The van der Waals surface area contributed by atoms with Crippen LogP contribution in [0.4, 0.5) is 5.69 Å². The van der Waals surface area contributed by atoms with Gasteiger partial charge in [-0.2, -0.15) is 11.3 Å². The van der Waals surface area contributed by atoms with Crippen LogP contribution in [0.25, 0.3) is 0 Å². The van der Waals surface area contributed by atoms with Crippen LogP contribution in [-0.2, 0) is 0 Å². The number of halogens is 1. The summed E-state index contributed by atoms with van der Waals surface area (Å²) >= 11 is 1.70. The predicted molar refractivity (Wildman–Crippen MR) is 110 cm³/mol. The summed E-state index contributed by atoms with van der Waals surface area (Å²) in [7, 11) is 0. The number of anilines is 1. The number of benzene rings is 1. The largest absolute Gasteiger partial charge is 0.490 e. The van der Waals surface area contributed by atoms with Crippen LogP contribution in [0.15, 0.2) is 40.0 Å². The molecule has 2 heterocycles. The van der Waals surface area contributed by atoms with E-state index < -0.39 is 0 Å². The number of rotatable bonds is 4. The van der Waals surface area contributed by atoms with E-state index in [1.54, 1.807) is 11.3 Å². The molecule has 5 nitrogen and oxygen atoms in total. The Hall–Kier alpha value is -1.48. The Kier molecular flexibility index (Phi) is 7.16. The first-order chi connectivity index (χ1) is 11.2. The molecule has 1 aromatic carbocycles. The number of hydrogen-bond acceptors (Lipinski definition) is 4. The van der Waals surface area contributed by atoms with Crippen LogP contribution in [0.1, 0.15) is 24.8 Å². The Balaban J connectivity index is 0.00000208. The molecular formula is C17H22IN3O2S. The monoisotopic (exact) mass is 459 g/mol. The summed E-state index contributed by atoms with van der Waals surface area (Å²) in [5, 5.41) is 7.33. The molecular weight excluding hydrogens is 437 g/mol. The molecule has 7 heteroatoms. The Morgan fingerprint density at radius 2 is 2.08 bits per heavy atom. The Morgan fingerprint density at radius 3 is 2.83 bits per heavy atom. The van der Waals surface area contributed by atoms with E-state index in [0.717, 1.165) is 23.6 Å². The first-order valence-corrected chi connectivity index (χ1v) is 8.65. The van der Waals surface area contributed by atoms with Crippen LogP contribution in [0.3, 0.4) is 0 Å². The summed E-state index contributed by atoms with van der Waals surface area (Å²) < 4.78 is 11.3. The van der Waals surface area contributed by atoms with Crippen LogP contribution < -0.4 is 20.5 Å². The van der Waals surface area contributed by atoms with Crippen molar-refractivity contribution in [2.24, 2.45) is 10.7 Å². The third-order valence-corrected chi connectivity index (χ3v) is 4.37. The summed E-state index contributed by atoms with van der Waals surface area (Å²) in [6, 6.07) is 7.83. The number of aliphatic imine (C=N–C) groups is 1. The molecule has 1 aliphatic heterocycles. The van der Waals surface area contributed by atoms with Gasteiger partial charge in [-0.15, -0.1) is 24.0 Å². The van der Waals surface area contributed by atoms with E-state index in [1.165, 1.54) is 5.56 Å². The molecule has 1 atom stereocenters. The number of nitrogens with one attached hydrogen (secondary N) is 1. The quantitative estimate of drug-likeness (QED) is 0.411. The molecule has 0 bridgehead atoms. The van der Waals surface area contributed by atoms with E-state index >= 15 is 0 Å². The van der Waals surface area contributed by atoms with Gasteiger partial charge in [0.25, 0.3) is 0 Å². The van der Waals surface area contributed by atoms with Crippen LogP contribution in [0.2, 0.25) is 0 Å². The molecule has 1 aromatic heterocycles. The average Bonchev–Trinajstić information content (AvgIpc) is 2.99. The van der Waals surface area contributed by atoms with E-state index in [4.69, 9.17) is 15.2 Å². The second kappa shape index (κ2) is 9.12. The van der Waals surface area contributed by atoms with Crippen molar-refractivity contribution in [3.63, 3.8) is 0 Å².